The summed E-state index contributed by atoms with van der Waals surface area (Å²) in [6, 6.07) is 3.47. The Morgan fingerprint density at radius 3 is 2.89 bits per heavy atom. The Labute approximate surface area is 106 Å². The monoisotopic (exact) mass is 253 g/mol. The van der Waals surface area contributed by atoms with Gasteiger partial charge in [-0.25, -0.2) is 9.79 Å². The van der Waals surface area contributed by atoms with Crippen LogP contribution in [0.4, 0.5) is 0 Å². The molecule has 100 valence electrons. The van der Waals surface area contributed by atoms with E-state index in [1.807, 2.05) is 13.8 Å². The second kappa shape index (κ2) is 6.68. The predicted molar refractivity (Wildman–Crippen MR) is 68.3 cm³/mol. The number of esters is 1. The highest BCUT2D eigenvalue weighted by Gasteiger charge is 2.11. The van der Waals surface area contributed by atoms with Gasteiger partial charge in [-0.1, -0.05) is 0 Å². The minimum Gasteiger partial charge on any atom is -0.460 e. The zero-order valence-corrected chi connectivity index (χ0v) is 10.9. The summed E-state index contributed by atoms with van der Waals surface area (Å²) in [5.41, 5.74) is 5.64. The van der Waals surface area contributed by atoms with Gasteiger partial charge in [0.05, 0.1) is 6.61 Å². The maximum absolute atomic E-state index is 11.4. The lowest BCUT2D eigenvalue weighted by Crippen LogP contribution is -2.36. The molecule has 3 N–H and O–H groups in total. The fraction of sp³-hybridized carbons (Fsp3) is 0.500. The lowest BCUT2D eigenvalue weighted by molar-refractivity contribution is 0.0488. The van der Waals surface area contributed by atoms with E-state index in [-0.39, 0.29) is 18.3 Å². The molecule has 0 bridgehead atoms. The highest BCUT2D eigenvalue weighted by Crippen LogP contribution is 2.10. The van der Waals surface area contributed by atoms with Crippen LogP contribution in [0, 0.1) is 0 Å². The Morgan fingerprint density at radius 2 is 2.28 bits per heavy atom. The molecular weight excluding hydrogens is 234 g/mol. The van der Waals surface area contributed by atoms with Crippen molar-refractivity contribution in [2.45, 2.75) is 33.4 Å². The third-order valence-corrected chi connectivity index (χ3v) is 1.98. The fourth-order valence-corrected chi connectivity index (χ4v) is 1.28. The first kappa shape index (κ1) is 14.1. The number of aliphatic imine (C=N–C) groups is 1. The Balaban J connectivity index is 2.56. The van der Waals surface area contributed by atoms with Crippen molar-refractivity contribution in [2.75, 3.05) is 6.61 Å². The van der Waals surface area contributed by atoms with Crippen molar-refractivity contribution in [3.63, 3.8) is 0 Å². The van der Waals surface area contributed by atoms with E-state index in [9.17, 15) is 4.79 Å². The molecule has 6 heteroatoms. The number of hydrogen-bond donors (Lipinski definition) is 2. The summed E-state index contributed by atoms with van der Waals surface area (Å²) in [7, 11) is 0. The summed E-state index contributed by atoms with van der Waals surface area (Å²) < 4.78 is 10.1. The van der Waals surface area contributed by atoms with Gasteiger partial charge in [-0.05, 0) is 32.9 Å². The molecule has 0 aliphatic rings. The average Bonchev–Trinajstić information content (AvgIpc) is 2.74. The summed E-state index contributed by atoms with van der Waals surface area (Å²) in [5, 5.41) is 2.96. The summed E-state index contributed by atoms with van der Waals surface area (Å²) in [6.45, 7) is 6.27. The van der Waals surface area contributed by atoms with E-state index in [1.54, 1.807) is 19.1 Å². The molecule has 6 nitrogen and oxygen atoms in total. The third-order valence-electron chi connectivity index (χ3n) is 1.98. The summed E-state index contributed by atoms with van der Waals surface area (Å²) in [6.07, 6.45) is 0. The maximum atomic E-state index is 11.4. The second-order valence-electron chi connectivity index (χ2n) is 3.99. The van der Waals surface area contributed by atoms with Gasteiger partial charge in [0.25, 0.3) is 0 Å². The highest BCUT2D eigenvalue weighted by atomic mass is 16.5. The average molecular weight is 253 g/mol. The molecule has 1 heterocycles. The van der Waals surface area contributed by atoms with Gasteiger partial charge < -0.3 is 20.2 Å². The number of carbonyl (C=O) groups excluding carboxylic acids is 1. The number of guanidine groups is 1. The molecule has 0 amide bonds. The molecule has 1 aromatic heterocycles. The number of ether oxygens (including phenoxy) is 1. The SMILES string of the molecule is CCOC(=O)c1ccc(CN=C(N)NC(C)C)o1. The van der Waals surface area contributed by atoms with E-state index in [0.717, 1.165) is 0 Å². The molecule has 0 aliphatic carbocycles. The molecule has 1 rings (SSSR count). The van der Waals surface area contributed by atoms with Crippen molar-refractivity contribution < 1.29 is 13.9 Å². The van der Waals surface area contributed by atoms with Gasteiger partial charge in [-0.15, -0.1) is 0 Å². The number of rotatable bonds is 5. The van der Waals surface area contributed by atoms with Gasteiger partial charge in [-0.3, -0.25) is 0 Å². The van der Waals surface area contributed by atoms with Crippen LogP contribution in [0.1, 0.15) is 37.1 Å². The van der Waals surface area contributed by atoms with E-state index in [2.05, 4.69) is 10.3 Å². The minimum absolute atomic E-state index is 0.178. The molecule has 0 aromatic carbocycles. The van der Waals surface area contributed by atoms with Crippen LogP contribution in [0.5, 0.6) is 0 Å². The topological polar surface area (TPSA) is 89.8 Å². The molecule has 0 saturated carbocycles. The van der Waals surface area contributed by atoms with Crippen molar-refractivity contribution in [3.8, 4) is 0 Å². The second-order valence-corrected chi connectivity index (χ2v) is 3.99. The Hall–Kier alpha value is -1.98. The summed E-state index contributed by atoms with van der Waals surface area (Å²) >= 11 is 0. The van der Waals surface area contributed by atoms with Crippen molar-refractivity contribution in [1.82, 2.24) is 5.32 Å². The van der Waals surface area contributed by atoms with E-state index >= 15 is 0 Å². The molecule has 0 atom stereocenters. The molecule has 0 aliphatic heterocycles. The number of nitrogens with two attached hydrogens (primary N) is 1. The molecule has 0 spiro atoms. The molecule has 0 radical (unpaired) electrons. The van der Waals surface area contributed by atoms with Gasteiger partial charge >= 0.3 is 5.97 Å². The third kappa shape index (κ3) is 4.48. The van der Waals surface area contributed by atoms with Crippen LogP contribution in [-0.2, 0) is 11.3 Å². The molecule has 0 fully saturated rings. The molecule has 1 aromatic rings. The highest BCUT2D eigenvalue weighted by molar-refractivity contribution is 5.86. The fourth-order valence-electron chi connectivity index (χ4n) is 1.28. The number of furan rings is 1. The van der Waals surface area contributed by atoms with Crippen LogP contribution < -0.4 is 11.1 Å². The molecule has 0 unspecified atom stereocenters. The number of hydrogen-bond acceptors (Lipinski definition) is 4. The van der Waals surface area contributed by atoms with Crippen LogP contribution in [0.15, 0.2) is 21.5 Å². The van der Waals surface area contributed by atoms with Crippen LogP contribution in [0.2, 0.25) is 0 Å². The minimum atomic E-state index is -0.471. The largest absolute Gasteiger partial charge is 0.460 e. The zero-order chi connectivity index (χ0) is 13.5. The smallest absolute Gasteiger partial charge is 0.374 e. The zero-order valence-electron chi connectivity index (χ0n) is 10.9. The molecule has 18 heavy (non-hydrogen) atoms. The van der Waals surface area contributed by atoms with E-state index in [0.29, 0.717) is 18.3 Å². The first-order chi connectivity index (χ1) is 8.52. The van der Waals surface area contributed by atoms with Crippen molar-refractivity contribution >= 4 is 11.9 Å². The number of carbonyl (C=O) groups is 1. The first-order valence-electron chi connectivity index (χ1n) is 5.85. The van der Waals surface area contributed by atoms with Crippen LogP contribution in [0.25, 0.3) is 0 Å². The summed E-state index contributed by atoms with van der Waals surface area (Å²) in [5.74, 6) is 0.615. The normalized spacial score (nSPS) is 11.7. The molecular formula is C12H19N3O3. The Morgan fingerprint density at radius 1 is 1.56 bits per heavy atom. The molecule has 0 saturated heterocycles. The lowest BCUT2D eigenvalue weighted by Gasteiger charge is -2.07. The number of nitrogens with one attached hydrogen (secondary N) is 1. The number of nitrogens with zero attached hydrogens (tertiary/aromatic N) is 1. The van der Waals surface area contributed by atoms with E-state index in [4.69, 9.17) is 14.9 Å². The van der Waals surface area contributed by atoms with Crippen LogP contribution >= 0.6 is 0 Å². The van der Waals surface area contributed by atoms with Gasteiger partial charge in [0.15, 0.2) is 5.96 Å². The van der Waals surface area contributed by atoms with Gasteiger partial charge in [0.2, 0.25) is 5.76 Å². The van der Waals surface area contributed by atoms with Crippen molar-refractivity contribution in [1.29, 1.82) is 0 Å². The quantitative estimate of drug-likeness (QED) is 0.468. The standard InChI is InChI=1S/C12H19N3O3/c1-4-17-11(16)10-6-5-9(18-10)7-14-12(13)15-8(2)3/h5-6,8H,4,7H2,1-3H3,(H3,13,14,15). The van der Waals surface area contributed by atoms with Crippen molar-refractivity contribution in [3.05, 3.63) is 23.7 Å². The van der Waals surface area contributed by atoms with Gasteiger partial charge in [0.1, 0.15) is 12.3 Å². The Kier molecular flexibility index (Phi) is 5.23. The van der Waals surface area contributed by atoms with E-state index < -0.39 is 5.97 Å². The van der Waals surface area contributed by atoms with Crippen molar-refractivity contribution in [2.24, 2.45) is 10.7 Å². The van der Waals surface area contributed by atoms with Gasteiger partial charge in [-0.2, -0.15) is 0 Å². The van der Waals surface area contributed by atoms with Crippen LogP contribution in [0.3, 0.4) is 0 Å². The van der Waals surface area contributed by atoms with E-state index in [1.165, 1.54) is 0 Å². The van der Waals surface area contributed by atoms with Crippen LogP contribution in [-0.4, -0.2) is 24.6 Å². The predicted octanol–water partition coefficient (Wildman–Crippen LogP) is 1.27. The van der Waals surface area contributed by atoms with Gasteiger partial charge in [0, 0.05) is 6.04 Å². The lowest BCUT2D eigenvalue weighted by atomic mass is 10.4. The summed E-state index contributed by atoms with van der Waals surface area (Å²) in [4.78, 5) is 15.4. The first-order valence-corrected chi connectivity index (χ1v) is 5.85. The Bertz CT molecular complexity index is 424. The maximum Gasteiger partial charge on any atom is 0.374 e.